The minimum atomic E-state index is -3.45. The van der Waals surface area contributed by atoms with Gasteiger partial charge in [0, 0.05) is 18.8 Å². The lowest BCUT2D eigenvalue weighted by Gasteiger charge is -2.07. The van der Waals surface area contributed by atoms with Crippen LogP contribution in [0.4, 0.5) is 0 Å². The predicted molar refractivity (Wildman–Crippen MR) is 54.4 cm³/mol. The van der Waals surface area contributed by atoms with Gasteiger partial charge < -0.3 is 5.11 Å². The molecule has 1 heterocycles. The molecule has 0 bridgehead atoms. The highest BCUT2D eigenvalue weighted by Crippen LogP contribution is 1.97. The second-order valence-corrected chi connectivity index (χ2v) is 4.82. The van der Waals surface area contributed by atoms with Crippen molar-refractivity contribution in [2.75, 3.05) is 10.6 Å². The molecule has 7 heteroatoms. The minimum Gasteiger partial charge on any atom is -0.481 e. The molecule has 15 heavy (non-hydrogen) atoms. The van der Waals surface area contributed by atoms with Gasteiger partial charge in [-0.05, 0) is 18.6 Å². The monoisotopic (exact) mass is 232 g/mol. The van der Waals surface area contributed by atoms with Crippen molar-refractivity contribution < 1.29 is 18.3 Å². The van der Waals surface area contributed by atoms with Gasteiger partial charge in [0.05, 0.1) is 5.75 Å². The molecule has 0 unspecified atom stereocenters. The summed E-state index contributed by atoms with van der Waals surface area (Å²) < 4.78 is 24.0. The number of nitrogens with one attached hydrogen (secondary N) is 1. The van der Waals surface area contributed by atoms with Gasteiger partial charge in [0.25, 0.3) is 0 Å². The topological polar surface area (TPSA) is 88.4 Å². The molecule has 0 aliphatic carbocycles. The van der Waals surface area contributed by atoms with E-state index in [9.17, 15) is 13.2 Å². The maximum absolute atomic E-state index is 11.4. The van der Waals surface area contributed by atoms with Gasteiger partial charge in [-0.3, -0.25) is 9.47 Å². The Hall–Kier alpha value is -1.50. The fourth-order valence-electron chi connectivity index (χ4n) is 1.02. The van der Waals surface area contributed by atoms with Crippen molar-refractivity contribution >= 4 is 16.0 Å². The third-order valence-electron chi connectivity index (χ3n) is 1.65. The van der Waals surface area contributed by atoms with E-state index in [0.717, 1.165) is 0 Å². The molecule has 0 spiro atoms. The molecule has 84 valence electrons. The standard InChI is InChI=1S/C8H12N2O4S/c11-8(12)4-3-7-15(13,14)9-10-5-1-2-6-10/h1-2,5-6,9H,3-4,7H2,(H,11,12). The summed E-state index contributed by atoms with van der Waals surface area (Å²) in [6.45, 7) is 0. The summed E-state index contributed by atoms with van der Waals surface area (Å²) in [5.74, 6) is -1.19. The summed E-state index contributed by atoms with van der Waals surface area (Å²) in [5.41, 5.74) is 0. The van der Waals surface area contributed by atoms with E-state index in [-0.39, 0.29) is 18.6 Å². The van der Waals surface area contributed by atoms with Crippen molar-refractivity contribution in [1.82, 2.24) is 4.68 Å². The van der Waals surface area contributed by atoms with Crippen LogP contribution in [-0.2, 0) is 14.8 Å². The fourth-order valence-corrected chi connectivity index (χ4v) is 2.07. The first kappa shape index (κ1) is 11.6. The van der Waals surface area contributed by atoms with Crippen molar-refractivity contribution in [3.8, 4) is 0 Å². The van der Waals surface area contributed by atoms with E-state index < -0.39 is 16.0 Å². The summed E-state index contributed by atoms with van der Waals surface area (Å²) in [6, 6.07) is 3.36. The van der Waals surface area contributed by atoms with Gasteiger partial charge in [0.2, 0.25) is 10.0 Å². The van der Waals surface area contributed by atoms with Crippen LogP contribution in [0.15, 0.2) is 24.5 Å². The minimum absolute atomic E-state index is 0.103. The SMILES string of the molecule is O=C(O)CCCS(=O)(=O)Nn1cccc1. The van der Waals surface area contributed by atoms with Crippen molar-refractivity contribution in [2.24, 2.45) is 0 Å². The lowest BCUT2D eigenvalue weighted by Crippen LogP contribution is -2.24. The van der Waals surface area contributed by atoms with E-state index in [2.05, 4.69) is 4.83 Å². The summed E-state index contributed by atoms with van der Waals surface area (Å²) in [5, 5.41) is 8.35. The van der Waals surface area contributed by atoms with E-state index in [1.165, 1.54) is 4.68 Å². The zero-order chi connectivity index (χ0) is 11.3. The fraction of sp³-hybridized carbons (Fsp3) is 0.375. The summed E-state index contributed by atoms with van der Waals surface area (Å²) in [4.78, 5) is 12.4. The Morgan fingerprint density at radius 2 is 1.93 bits per heavy atom. The van der Waals surface area contributed by atoms with Gasteiger partial charge >= 0.3 is 5.97 Å². The van der Waals surface area contributed by atoms with Crippen LogP contribution >= 0.6 is 0 Å². The average molecular weight is 232 g/mol. The van der Waals surface area contributed by atoms with Crippen LogP contribution in [0.1, 0.15) is 12.8 Å². The van der Waals surface area contributed by atoms with Gasteiger partial charge in [-0.25, -0.2) is 13.2 Å². The molecule has 0 saturated heterocycles. The molecule has 1 aromatic rings. The second kappa shape index (κ2) is 4.83. The molecule has 0 aliphatic heterocycles. The quantitative estimate of drug-likeness (QED) is 0.734. The highest BCUT2D eigenvalue weighted by Gasteiger charge is 2.10. The summed E-state index contributed by atoms with van der Waals surface area (Å²) >= 11 is 0. The zero-order valence-electron chi connectivity index (χ0n) is 7.96. The molecule has 0 saturated carbocycles. The number of hydrogen-bond donors (Lipinski definition) is 2. The Bertz CT molecular complexity index is 410. The molecule has 1 rings (SSSR count). The Kier molecular flexibility index (Phi) is 3.73. The highest BCUT2D eigenvalue weighted by atomic mass is 32.2. The smallest absolute Gasteiger partial charge is 0.303 e. The number of carbonyl (C=O) groups is 1. The normalized spacial score (nSPS) is 11.2. The van der Waals surface area contributed by atoms with Gasteiger partial charge in [-0.15, -0.1) is 0 Å². The number of aliphatic carboxylic acids is 1. The van der Waals surface area contributed by atoms with Crippen LogP contribution < -0.4 is 4.83 Å². The first-order valence-corrected chi connectivity index (χ1v) is 6.00. The van der Waals surface area contributed by atoms with Crippen LogP contribution in [0, 0.1) is 0 Å². The lowest BCUT2D eigenvalue weighted by atomic mass is 10.3. The van der Waals surface area contributed by atoms with E-state index in [1.54, 1.807) is 24.5 Å². The molecule has 0 aliphatic rings. The summed E-state index contributed by atoms with van der Waals surface area (Å²) in [7, 11) is -3.45. The Labute approximate surface area is 87.5 Å². The molecule has 1 aromatic heterocycles. The number of sulfonamides is 1. The first-order valence-electron chi connectivity index (χ1n) is 4.35. The molecule has 0 amide bonds. The van der Waals surface area contributed by atoms with Crippen LogP contribution in [0.2, 0.25) is 0 Å². The largest absolute Gasteiger partial charge is 0.481 e. The number of carboxylic acids is 1. The molecule has 2 N–H and O–H groups in total. The van der Waals surface area contributed by atoms with Crippen LogP contribution in [-0.4, -0.2) is 29.9 Å². The van der Waals surface area contributed by atoms with Crippen molar-refractivity contribution in [3.05, 3.63) is 24.5 Å². The van der Waals surface area contributed by atoms with Gasteiger partial charge in [0.15, 0.2) is 0 Å². The first-order chi connectivity index (χ1) is 6.99. The Balaban J connectivity index is 2.43. The number of carboxylic acid groups (broad SMARTS) is 1. The van der Waals surface area contributed by atoms with Gasteiger partial charge in [-0.2, -0.15) is 0 Å². The van der Waals surface area contributed by atoms with Crippen molar-refractivity contribution in [1.29, 1.82) is 0 Å². The molecular formula is C8H12N2O4S. The zero-order valence-corrected chi connectivity index (χ0v) is 8.77. The molecule has 0 aromatic carbocycles. The third-order valence-corrected chi connectivity index (χ3v) is 2.97. The Morgan fingerprint density at radius 3 is 2.47 bits per heavy atom. The molecule has 0 radical (unpaired) electrons. The third kappa shape index (κ3) is 4.50. The van der Waals surface area contributed by atoms with E-state index in [4.69, 9.17) is 5.11 Å². The van der Waals surface area contributed by atoms with E-state index in [1.807, 2.05) is 0 Å². The number of aromatic nitrogens is 1. The van der Waals surface area contributed by atoms with Crippen molar-refractivity contribution in [3.63, 3.8) is 0 Å². The van der Waals surface area contributed by atoms with Gasteiger partial charge in [0.1, 0.15) is 0 Å². The highest BCUT2D eigenvalue weighted by molar-refractivity contribution is 7.92. The Morgan fingerprint density at radius 1 is 1.33 bits per heavy atom. The van der Waals surface area contributed by atoms with E-state index >= 15 is 0 Å². The van der Waals surface area contributed by atoms with Crippen molar-refractivity contribution in [2.45, 2.75) is 12.8 Å². The van der Waals surface area contributed by atoms with Gasteiger partial charge in [-0.1, -0.05) is 0 Å². The number of nitrogens with zero attached hydrogens (tertiary/aromatic N) is 1. The van der Waals surface area contributed by atoms with Crippen LogP contribution in [0.5, 0.6) is 0 Å². The molecule has 0 fully saturated rings. The molecule has 6 nitrogen and oxygen atoms in total. The molecular weight excluding hydrogens is 220 g/mol. The predicted octanol–water partition coefficient (Wildman–Crippen LogP) is 0.226. The van der Waals surface area contributed by atoms with Crippen LogP contribution in [0.3, 0.4) is 0 Å². The maximum Gasteiger partial charge on any atom is 0.303 e. The second-order valence-electron chi connectivity index (χ2n) is 3.00. The van der Waals surface area contributed by atoms with E-state index in [0.29, 0.717) is 0 Å². The average Bonchev–Trinajstić information content (AvgIpc) is 2.54. The number of rotatable bonds is 6. The molecule has 0 atom stereocenters. The lowest BCUT2D eigenvalue weighted by molar-refractivity contribution is -0.137. The summed E-state index contributed by atoms with van der Waals surface area (Å²) in [6.07, 6.45) is 3.06. The maximum atomic E-state index is 11.4. The number of hydrogen-bond acceptors (Lipinski definition) is 3. The van der Waals surface area contributed by atoms with Crippen LogP contribution in [0.25, 0.3) is 0 Å².